The number of hydrogen-bond acceptors (Lipinski definition) is 8. The van der Waals surface area contributed by atoms with Crippen LogP contribution in [0.4, 0.5) is 0 Å². The van der Waals surface area contributed by atoms with Crippen LogP contribution in [0.3, 0.4) is 0 Å². The van der Waals surface area contributed by atoms with Gasteiger partial charge >= 0.3 is 0 Å². The summed E-state index contributed by atoms with van der Waals surface area (Å²) in [4.78, 5) is 12.9. The lowest BCUT2D eigenvalue weighted by molar-refractivity contribution is -0.252. The minimum absolute atomic E-state index is 0.00253. The minimum Gasteiger partial charge on any atom is -0.394 e. The number of pyridine rings is 1. The highest BCUT2D eigenvalue weighted by Gasteiger charge is 2.45. The second kappa shape index (κ2) is 9.35. The van der Waals surface area contributed by atoms with Gasteiger partial charge in [-0.05, 0) is 30.2 Å². The zero-order valence-corrected chi connectivity index (χ0v) is 19.4. The van der Waals surface area contributed by atoms with Crippen molar-refractivity contribution in [2.45, 2.75) is 44.5 Å². The lowest BCUT2D eigenvalue weighted by atomic mass is 9.89. The SMILES string of the molecule is CC(=O)c1c(-c2cccc3ccccc23)c(C#N)c(=S)n([C@@H]2O[C@@H](CO)[C@@H](O)[C@@H](O)[C@H]2O)c1C. The van der Waals surface area contributed by atoms with Crippen LogP contribution in [-0.4, -0.2) is 61.8 Å². The van der Waals surface area contributed by atoms with Gasteiger partial charge in [-0.3, -0.25) is 4.79 Å². The third-order valence-electron chi connectivity index (χ3n) is 6.30. The quantitative estimate of drug-likeness (QED) is 0.330. The summed E-state index contributed by atoms with van der Waals surface area (Å²) in [5, 5.41) is 52.6. The van der Waals surface area contributed by atoms with Gasteiger partial charge in [0.05, 0.1) is 12.2 Å². The van der Waals surface area contributed by atoms with E-state index in [0.29, 0.717) is 16.8 Å². The summed E-state index contributed by atoms with van der Waals surface area (Å²) in [6.45, 7) is 2.37. The number of aromatic nitrogens is 1. The molecule has 1 aliphatic rings. The van der Waals surface area contributed by atoms with E-state index in [1.165, 1.54) is 11.5 Å². The van der Waals surface area contributed by atoms with Gasteiger partial charge in [-0.25, -0.2) is 0 Å². The molecular formula is C25H24N2O6S. The van der Waals surface area contributed by atoms with Crippen LogP contribution >= 0.6 is 12.2 Å². The van der Waals surface area contributed by atoms with Gasteiger partial charge < -0.3 is 29.7 Å². The first-order valence-corrected chi connectivity index (χ1v) is 11.1. The predicted octanol–water partition coefficient (Wildman–Crippen LogP) is 2.39. The Morgan fingerprint density at radius 2 is 1.79 bits per heavy atom. The molecule has 9 heteroatoms. The van der Waals surface area contributed by atoms with Crippen molar-refractivity contribution in [2.75, 3.05) is 6.61 Å². The Morgan fingerprint density at radius 1 is 1.12 bits per heavy atom. The van der Waals surface area contributed by atoms with E-state index in [-0.39, 0.29) is 21.6 Å². The molecule has 1 aliphatic heterocycles. The van der Waals surface area contributed by atoms with Gasteiger partial charge in [-0.1, -0.05) is 54.7 Å². The lowest BCUT2D eigenvalue weighted by Gasteiger charge is -2.41. The normalized spacial score (nSPS) is 24.7. The molecule has 2 aromatic carbocycles. The molecule has 34 heavy (non-hydrogen) atoms. The number of benzene rings is 2. The summed E-state index contributed by atoms with van der Waals surface area (Å²) in [6.07, 6.45) is -7.33. The number of ketones is 1. The van der Waals surface area contributed by atoms with Crippen molar-refractivity contribution in [3.8, 4) is 17.2 Å². The highest BCUT2D eigenvalue weighted by Crippen LogP contribution is 2.39. The van der Waals surface area contributed by atoms with Crippen LogP contribution in [0.1, 0.15) is 34.8 Å². The number of hydrogen-bond donors (Lipinski definition) is 4. The molecule has 8 nitrogen and oxygen atoms in total. The van der Waals surface area contributed by atoms with Crippen molar-refractivity contribution in [3.05, 3.63) is 63.9 Å². The molecule has 0 amide bonds. The number of nitrogens with zero attached hydrogens (tertiary/aromatic N) is 2. The summed E-state index contributed by atoms with van der Waals surface area (Å²) in [5.74, 6) is -0.328. The Morgan fingerprint density at radius 3 is 2.44 bits per heavy atom. The number of carbonyl (C=O) groups is 1. The molecule has 0 aliphatic carbocycles. The number of aliphatic hydroxyl groups is 4. The third kappa shape index (κ3) is 3.75. The maximum atomic E-state index is 12.9. The van der Waals surface area contributed by atoms with Crippen LogP contribution in [0.2, 0.25) is 0 Å². The van der Waals surface area contributed by atoms with Gasteiger partial charge in [0.1, 0.15) is 35.1 Å². The van der Waals surface area contributed by atoms with Crippen LogP contribution in [0.25, 0.3) is 21.9 Å². The molecule has 0 saturated carbocycles. The Kier molecular flexibility index (Phi) is 6.64. The molecule has 0 radical (unpaired) electrons. The molecule has 3 aromatic rings. The minimum atomic E-state index is -1.64. The van der Waals surface area contributed by atoms with Gasteiger partial charge in [0, 0.05) is 16.8 Å². The van der Waals surface area contributed by atoms with E-state index in [0.717, 1.165) is 10.8 Å². The van der Waals surface area contributed by atoms with Gasteiger partial charge in [-0.2, -0.15) is 5.26 Å². The van der Waals surface area contributed by atoms with Crippen LogP contribution in [0.5, 0.6) is 0 Å². The number of ether oxygens (including phenoxy) is 1. The van der Waals surface area contributed by atoms with Crippen molar-refractivity contribution < 1.29 is 30.0 Å². The second-order valence-corrected chi connectivity index (χ2v) is 8.69. The Labute approximate surface area is 200 Å². The molecule has 1 aromatic heterocycles. The lowest BCUT2D eigenvalue weighted by Crippen LogP contribution is -2.56. The van der Waals surface area contributed by atoms with Crippen LogP contribution in [0.15, 0.2) is 42.5 Å². The van der Waals surface area contributed by atoms with E-state index < -0.39 is 37.3 Å². The largest absolute Gasteiger partial charge is 0.394 e. The fraction of sp³-hybridized carbons (Fsp3) is 0.320. The van der Waals surface area contributed by atoms with Crippen molar-refractivity contribution >= 4 is 28.8 Å². The van der Waals surface area contributed by atoms with Gasteiger partial charge in [0.15, 0.2) is 12.0 Å². The summed E-state index contributed by atoms with van der Waals surface area (Å²) < 4.78 is 7.00. The molecule has 1 fully saturated rings. The molecule has 0 spiro atoms. The van der Waals surface area contributed by atoms with Gasteiger partial charge in [0.25, 0.3) is 0 Å². The summed E-state index contributed by atoms with van der Waals surface area (Å²) in [7, 11) is 0. The molecule has 5 atom stereocenters. The average Bonchev–Trinajstić information content (AvgIpc) is 2.83. The van der Waals surface area contributed by atoms with E-state index in [1.807, 2.05) is 42.5 Å². The summed E-state index contributed by atoms with van der Waals surface area (Å²) in [6, 6.07) is 15.3. The van der Waals surface area contributed by atoms with Gasteiger partial charge in [0.2, 0.25) is 0 Å². The number of aliphatic hydroxyl groups excluding tert-OH is 4. The fourth-order valence-corrected chi connectivity index (χ4v) is 5.04. The van der Waals surface area contributed by atoms with E-state index in [9.17, 15) is 30.5 Å². The monoisotopic (exact) mass is 480 g/mol. The highest BCUT2D eigenvalue weighted by atomic mass is 32.1. The fourth-order valence-electron chi connectivity index (χ4n) is 4.66. The van der Waals surface area contributed by atoms with Crippen LogP contribution < -0.4 is 0 Å². The second-order valence-electron chi connectivity index (χ2n) is 8.30. The molecule has 2 heterocycles. The first kappa shape index (κ1) is 24.2. The number of rotatable bonds is 4. The van der Waals surface area contributed by atoms with E-state index in [2.05, 4.69) is 6.07 Å². The first-order chi connectivity index (χ1) is 16.2. The highest BCUT2D eigenvalue weighted by molar-refractivity contribution is 7.71. The molecule has 0 unspecified atom stereocenters. The average molecular weight is 481 g/mol. The van der Waals surface area contributed by atoms with E-state index in [1.54, 1.807) is 6.92 Å². The standard InChI is InChI=1S/C25H24N2O6S/c1-12-19(13(2)29)20(16-9-5-7-14-6-3-4-8-15(14)16)17(10-26)25(34)27(12)24-23(32)22(31)21(30)18(11-28)33-24/h3-9,18,21-24,28,30-32H,11H2,1-2H3/t18-,21+,22+,23+,24+/m0/s1. The van der Waals surface area contributed by atoms with Crippen LogP contribution in [0, 0.1) is 22.9 Å². The van der Waals surface area contributed by atoms with Crippen molar-refractivity contribution in [1.82, 2.24) is 4.57 Å². The van der Waals surface area contributed by atoms with Crippen molar-refractivity contribution in [2.24, 2.45) is 0 Å². The number of nitriles is 1. The zero-order valence-electron chi connectivity index (χ0n) is 18.5. The number of carbonyl (C=O) groups excluding carboxylic acids is 1. The summed E-state index contributed by atoms with van der Waals surface area (Å²) in [5.41, 5.74) is 1.63. The number of fused-ring (bicyclic) bond motifs is 1. The first-order valence-electron chi connectivity index (χ1n) is 10.7. The topological polar surface area (TPSA) is 136 Å². The maximum Gasteiger partial charge on any atom is 0.164 e. The summed E-state index contributed by atoms with van der Waals surface area (Å²) >= 11 is 5.64. The Hall–Kier alpha value is -2.97. The zero-order chi connectivity index (χ0) is 24.7. The van der Waals surface area contributed by atoms with E-state index in [4.69, 9.17) is 17.0 Å². The van der Waals surface area contributed by atoms with Crippen LogP contribution in [-0.2, 0) is 4.74 Å². The smallest absolute Gasteiger partial charge is 0.164 e. The van der Waals surface area contributed by atoms with Crippen molar-refractivity contribution in [3.63, 3.8) is 0 Å². The molecule has 176 valence electrons. The molecule has 0 bridgehead atoms. The Balaban J connectivity index is 2.06. The molecular weight excluding hydrogens is 456 g/mol. The number of Topliss-reactive ketones (excluding diaryl/α,β-unsaturated/α-hetero) is 1. The van der Waals surface area contributed by atoms with Crippen molar-refractivity contribution in [1.29, 1.82) is 5.26 Å². The third-order valence-corrected chi connectivity index (χ3v) is 6.70. The maximum absolute atomic E-state index is 12.9. The predicted molar refractivity (Wildman–Crippen MR) is 127 cm³/mol. The molecule has 4 rings (SSSR count). The molecule has 1 saturated heterocycles. The van der Waals surface area contributed by atoms with Gasteiger partial charge in [-0.15, -0.1) is 0 Å². The Bertz CT molecular complexity index is 1370. The molecule has 4 N–H and O–H groups in total. The van der Waals surface area contributed by atoms with E-state index >= 15 is 0 Å².